The van der Waals surface area contributed by atoms with Crippen LogP contribution in [-0.4, -0.2) is 19.7 Å². The molecule has 5 heteroatoms. The molecule has 0 saturated heterocycles. The van der Waals surface area contributed by atoms with E-state index in [0.29, 0.717) is 5.82 Å². The van der Waals surface area contributed by atoms with E-state index in [1.807, 2.05) is 16.8 Å². The van der Waals surface area contributed by atoms with Crippen molar-refractivity contribution in [3.8, 4) is 0 Å². The lowest BCUT2D eigenvalue weighted by atomic mass is 10.1. The summed E-state index contributed by atoms with van der Waals surface area (Å²) in [5.74, 6) is 1.61. The Balaban J connectivity index is 2.02. The van der Waals surface area contributed by atoms with Gasteiger partial charge >= 0.3 is 0 Å². The molecule has 0 aliphatic heterocycles. The quantitative estimate of drug-likeness (QED) is 0.845. The molecular weight excluding hydrogens is 214 g/mol. The zero-order valence-electron chi connectivity index (χ0n) is 10.0. The Kier molecular flexibility index (Phi) is 3.69. The monoisotopic (exact) mass is 231 g/mol. The first-order chi connectivity index (χ1) is 8.31. The maximum absolute atomic E-state index is 5.80. The largest absolute Gasteiger partial charge is 0.383 e. The topological polar surface area (TPSA) is 69.6 Å². The molecule has 0 radical (unpaired) electrons. The third kappa shape index (κ3) is 2.81. The number of hydrogen-bond donors (Lipinski definition) is 1. The van der Waals surface area contributed by atoms with Crippen molar-refractivity contribution in [1.29, 1.82) is 0 Å². The lowest BCUT2D eigenvalue weighted by molar-refractivity contribution is 0.567. The molecule has 2 heterocycles. The summed E-state index contributed by atoms with van der Waals surface area (Å²) in [6, 6.07) is 3.91. The molecule has 2 rings (SSSR count). The van der Waals surface area contributed by atoms with Gasteiger partial charge in [-0.2, -0.15) is 5.10 Å². The van der Waals surface area contributed by atoms with Crippen LogP contribution in [0, 0.1) is 0 Å². The first-order valence-electron chi connectivity index (χ1n) is 5.87. The number of nitrogen functional groups attached to an aromatic ring is 1. The molecule has 0 amide bonds. The normalized spacial score (nSPS) is 10.6. The van der Waals surface area contributed by atoms with Crippen molar-refractivity contribution in [3.05, 3.63) is 36.0 Å². The van der Waals surface area contributed by atoms with Crippen LogP contribution < -0.4 is 5.73 Å². The van der Waals surface area contributed by atoms with Gasteiger partial charge in [0.25, 0.3) is 0 Å². The zero-order valence-corrected chi connectivity index (χ0v) is 10.0. The van der Waals surface area contributed by atoms with Crippen molar-refractivity contribution in [3.63, 3.8) is 0 Å². The van der Waals surface area contributed by atoms with Crippen LogP contribution in [0.4, 0.5) is 5.82 Å². The highest BCUT2D eigenvalue weighted by atomic mass is 15.3. The highest BCUT2D eigenvalue weighted by molar-refractivity contribution is 5.38. The van der Waals surface area contributed by atoms with E-state index in [0.717, 1.165) is 37.2 Å². The number of pyridine rings is 1. The summed E-state index contributed by atoms with van der Waals surface area (Å²) in [7, 11) is 0. The Morgan fingerprint density at radius 3 is 2.94 bits per heavy atom. The molecular formula is C12H17N5. The highest BCUT2D eigenvalue weighted by Crippen LogP contribution is 2.10. The predicted octanol–water partition coefficient (Wildman–Crippen LogP) is 1.45. The van der Waals surface area contributed by atoms with Gasteiger partial charge in [0, 0.05) is 19.2 Å². The summed E-state index contributed by atoms with van der Waals surface area (Å²) in [6.07, 6.45) is 6.07. The molecule has 0 atom stereocenters. The average Bonchev–Trinajstić information content (AvgIpc) is 2.76. The molecule has 90 valence electrons. The van der Waals surface area contributed by atoms with Crippen molar-refractivity contribution in [2.45, 2.75) is 32.7 Å². The van der Waals surface area contributed by atoms with Crippen LogP contribution in [0.1, 0.15) is 24.7 Å². The lowest BCUT2D eigenvalue weighted by Crippen LogP contribution is -2.07. The highest BCUT2D eigenvalue weighted by Gasteiger charge is 2.05. The smallest absolute Gasteiger partial charge is 0.138 e. The summed E-state index contributed by atoms with van der Waals surface area (Å²) in [5.41, 5.74) is 6.87. The molecule has 2 N–H and O–H groups in total. The second kappa shape index (κ2) is 5.43. The van der Waals surface area contributed by atoms with Gasteiger partial charge in [0.2, 0.25) is 0 Å². The van der Waals surface area contributed by atoms with E-state index in [9.17, 15) is 0 Å². The van der Waals surface area contributed by atoms with E-state index in [2.05, 4.69) is 22.0 Å². The zero-order chi connectivity index (χ0) is 12.1. The molecule has 17 heavy (non-hydrogen) atoms. The van der Waals surface area contributed by atoms with Crippen LogP contribution in [0.2, 0.25) is 0 Å². The van der Waals surface area contributed by atoms with Crippen LogP contribution in [0.3, 0.4) is 0 Å². The van der Waals surface area contributed by atoms with Gasteiger partial charge in [-0.3, -0.25) is 4.68 Å². The van der Waals surface area contributed by atoms with Crippen LogP contribution in [-0.2, 0) is 19.4 Å². The number of rotatable bonds is 5. The SMILES string of the molecule is CCCn1ncnc1CCc1cccnc1N. The summed E-state index contributed by atoms with van der Waals surface area (Å²) >= 11 is 0. The predicted molar refractivity (Wildman–Crippen MR) is 66.4 cm³/mol. The standard InChI is InChI=1S/C12H17N5/c1-2-8-17-11(15-9-16-17)6-5-10-4-3-7-14-12(10)13/h3-4,7,9H,2,5-6,8H2,1H3,(H2,13,14). The van der Waals surface area contributed by atoms with E-state index in [4.69, 9.17) is 5.73 Å². The van der Waals surface area contributed by atoms with Gasteiger partial charge in [0.1, 0.15) is 18.0 Å². The summed E-state index contributed by atoms with van der Waals surface area (Å²) in [5, 5.41) is 4.20. The number of aryl methyl sites for hydroxylation is 3. The second-order valence-electron chi connectivity index (χ2n) is 3.95. The average molecular weight is 231 g/mol. The van der Waals surface area contributed by atoms with Gasteiger partial charge in [-0.15, -0.1) is 0 Å². The third-order valence-electron chi connectivity index (χ3n) is 2.68. The van der Waals surface area contributed by atoms with Crippen LogP contribution in [0.5, 0.6) is 0 Å². The summed E-state index contributed by atoms with van der Waals surface area (Å²) < 4.78 is 1.95. The van der Waals surface area contributed by atoms with Crippen LogP contribution in [0.25, 0.3) is 0 Å². The Labute approximate surface area is 101 Å². The van der Waals surface area contributed by atoms with Gasteiger partial charge in [-0.05, 0) is 24.5 Å². The number of anilines is 1. The molecule has 0 spiro atoms. The van der Waals surface area contributed by atoms with E-state index >= 15 is 0 Å². The molecule has 0 fully saturated rings. The number of nitrogens with two attached hydrogens (primary N) is 1. The van der Waals surface area contributed by atoms with Gasteiger partial charge in [0.15, 0.2) is 0 Å². The second-order valence-corrected chi connectivity index (χ2v) is 3.95. The Morgan fingerprint density at radius 1 is 1.29 bits per heavy atom. The maximum Gasteiger partial charge on any atom is 0.138 e. The summed E-state index contributed by atoms with van der Waals surface area (Å²) in [4.78, 5) is 8.34. The fraction of sp³-hybridized carbons (Fsp3) is 0.417. The number of aromatic nitrogens is 4. The van der Waals surface area contributed by atoms with Crippen molar-refractivity contribution >= 4 is 5.82 Å². The minimum atomic E-state index is 0.606. The fourth-order valence-corrected chi connectivity index (χ4v) is 1.79. The molecule has 5 nitrogen and oxygen atoms in total. The molecule has 0 bridgehead atoms. The third-order valence-corrected chi connectivity index (χ3v) is 2.68. The minimum absolute atomic E-state index is 0.606. The molecule has 0 aromatic carbocycles. The van der Waals surface area contributed by atoms with Crippen molar-refractivity contribution in [2.24, 2.45) is 0 Å². The minimum Gasteiger partial charge on any atom is -0.383 e. The fourth-order valence-electron chi connectivity index (χ4n) is 1.79. The van der Waals surface area contributed by atoms with Gasteiger partial charge in [-0.25, -0.2) is 9.97 Å². The van der Waals surface area contributed by atoms with Crippen molar-refractivity contribution < 1.29 is 0 Å². The number of hydrogen-bond acceptors (Lipinski definition) is 4. The Morgan fingerprint density at radius 2 is 2.18 bits per heavy atom. The Bertz CT molecular complexity index is 477. The molecule has 2 aromatic rings. The van der Waals surface area contributed by atoms with Gasteiger partial charge in [-0.1, -0.05) is 13.0 Å². The van der Waals surface area contributed by atoms with Crippen LogP contribution in [0.15, 0.2) is 24.7 Å². The Hall–Kier alpha value is -1.91. The molecule has 2 aromatic heterocycles. The van der Waals surface area contributed by atoms with Crippen molar-refractivity contribution in [1.82, 2.24) is 19.7 Å². The molecule has 0 aliphatic carbocycles. The first kappa shape index (κ1) is 11.6. The lowest BCUT2D eigenvalue weighted by Gasteiger charge is -2.05. The van der Waals surface area contributed by atoms with Gasteiger partial charge < -0.3 is 5.73 Å². The number of nitrogens with zero attached hydrogens (tertiary/aromatic N) is 4. The first-order valence-corrected chi connectivity index (χ1v) is 5.87. The molecule has 0 aliphatic rings. The van der Waals surface area contributed by atoms with E-state index in [-0.39, 0.29) is 0 Å². The molecule has 0 saturated carbocycles. The van der Waals surface area contributed by atoms with Gasteiger partial charge in [0.05, 0.1) is 0 Å². The van der Waals surface area contributed by atoms with E-state index < -0.39 is 0 Å². The van der Waals surface area contributed by atoms with Crippen LogP contribution >= 0.6 is 0 Å². The maximum atomic E-state index is 5.80. The summed E-state index contributed by atoms with van der Waals surface area (Å²) in [6.45, 7) is 3.04. The van der Waals surface area contributed by atoms with Crippen molar-refractivity contribution in [2.75, 3.05) is 5.73 Å². The van der Waals surface area contributed by atoms with E-state index in [1.54, 1.807) is 12.5 Å². The molecule has 0 unspecified atom stereocenters. The van der Waals surface area contributed by atoms with E-state index in [1.165, 1.54) is 0 Å².